The fraction of sp³-hybridized carbons (Fsp3) is 1.00. The second-order valence-corrected chi connectivity index (χ2v) is 11.2. The molecule has 0 aromatic heterocycles. The Morgan fingerprint density at radius 3 is 2.20 bits per heavy atom. The van der Waals surface area contributed by atoms with Crippen molar-refractivity contribution in [2.45, 2.75) is 104 Å². The lowest BCUT2D eigenvalue weighted by molar-refractivity contribution is -0.308. The van der Waals surface area contributed by atoms with Gasteiger partial charge in [0.25, 0.3) is 0 Å². The summed E-state index contributed by atoms with van der Waals surface area (Å²) in [5.74, 6) is -0.877. The summed E-state index contributed by atoms with van der Waals surface area (Å²) in [6.45, 7) is 0.0918. The van der Waals surface area contributed by atoms with Crippen LogP contribution in [0.3, 0.4) is 0 Å². The lowest BCUT2D eigenvalue weighted by atomic mass is 9.71. The van der Waals surface area contributed by atoms with Crippen molar-refractivity contribution in [1.29, 1.82) is 0 Å². The van der Waals surface area contributed by atoms with Crippen LogP contribution in [0.15, 0.2) is 0 Å². The summed E-state index contributed by atoms with van der Waals surface area (Å²) in [7, 11) is 0. The van der Waals surface area contributed by atoms with Crippen LogP contribution < -0.4 is 39.3 Å². The van der Waals surface area contributed by atoms with Crippen LogP contribution in [0.1, 0.15) is 12.8 Å². The van der Waals surface area contributed by atoms with Gasteiger partial charge in [-0.2, -0.15) is 0 Å². The Hall–Kier alpha value is -0.680. The summed E-state index contributed by atoms with van der Waals surface area (Å²) >= 11 is 0. The molecular formula is C24H51N7O10. The number of nitrogens with two attached hydrogens (primary N) is 5. The molecule has 16 atom stereocenters. The van der Waals surface area contributed by atoms with E-state index in [-0.39, 0.29) is 26.1 Å². The summed E-state index contributed by atoms with van der Waals surface area (Å²) in [6, 6.07) is -3.48. The average Bonchev–Trinajstić information content (AvgIpc) is 2.96. The van der Waals surface area contributed by atoms with E-state index < -0.39 is 104 Å². The van der Waals surface area contributed by atoms with Crippen LogP contribution in [0.4, 0.5) is 0 Å². The molecule has 2 aliphatic heterocycles. The third-order valence-corrected chi connectivity index (χ3v) is 8.42. The summed E-state index contributed by atoms with van der Waals surface area (Å²) in [4.78, 5) is 0. The molecule has 1 saturated carbocycles. The number of aliphatic hydroxyl groups excluding tert-OH is 7. The van der Waals surface area contributed by atoms with Gasteiger partial charge in [-0.1, -0.05) is 0 Å². The number of nitrogens with one attached hydrogen (secondary N) is 2. The molecular weight excluding hydrogens is 546 g/mol. The standard InChI is InChI=1S/C24H51N7O10/c25-2-1-3-30-16-21(38)18(35)12(6-27)39-23(16)14-10(28)4-11(31-7-9(33)5-26)22(19(14)36)41-24-20(37)15(29)17(34)13(8-32)40-24/h9-24,30-38H,1-8,25-29H2/t9?,10-,11+,12+,13+,14?,15-,16+,17+,18+,19-,20+,21+,22-,23+,24+/m0/s1. The van der Waals surface area contributed by atoms with E-state index in [1.54, 1.807) is 0 Å². The minimum atomic E-state index is -1.51. The first-order valence-electron chi connectivity index (χ1n) is 14.2. The highest BCUT2D eigenvalue weighted by molar-refractivity contribution is 5.08. The molecule has 0 aromatic rings. The van der Waals surface area contributed by atoms with Crippen LogP contribution in [0.2, 0.25) is 0 Å². The van der Waals surface area contributed by atoms with Crippen molar-refractivity contribution < 1.29 is 50.0 Å². The van der Waals surface area contributed by atoms with Gasteiger partial charge in [-0.05, 0) is 25.9 Å². The fourth-order valence-electron chi connectivity index (χ4n) is 5.99. The second-order valence-electron chi connectivity index (χ2n) is 11.2. The minimum Gasteiger partial charge on any atom is -0.394 e. The van der Waals surface area contributed by atoms with Crippen LogP contribution >= 0.6 is 0 Å². The quantitative estimate of drug-likeness (QED) is 0.0876. The Kier molecular flexibility index (Phi) is 13.5. The fourth-order valence-corrected chi connectivity index (χ4v) is 5.99. The molecule has 3 fully saturated rings. The van der Waals surface area contributed by atoms with E-state index >= 15 is 0 Å². The molecule has 3 aliphatic rings. The van der Waals surface area contributed by atoms with Gasteiger partial charge in [0.15, 0.2) is 6.29 Å². The Bertz CT molecular complexity index is 778. The van der Waals surface area contributed by atoms with Crippen LogP contribution in [0.25, 0.3) is 0 Å². The number of hydrogen-bond acceptors (Lipinski definition) is 17. The molecule has 0 radical (unpaired) electrons. The van der Waals surface area contributed by atoms with Crippen LogP contribution in [0.5, 0.6) is 0 Å². The van der Waals surface area contributed by atoms with E-state index in [2.05, 4.69) is 10.6 Å². The highest BCUT2D eigenvalue weighted by Gasteiger charge is 2.55. The Morgan fingerprint density at radius 2 is 1.59 bits per heavy atom. The molecule has 2 unspecified atom stereocenters. The number of rotatable bonds is 13. The molecule has 17 nitrogen and oxygen atoms in total. The first-order valence-corrected chi connectivity index (χ1v) is 14.2. The Balaban J connectivity index is 1.92. The zero-order chi connectivity index (χ0) is 30.4. The number of ether oxygens (including phenoxy) is 3. The topological polar surface area (TPSA) is 323 Å². The third kappa shape index (κ3) is 7.89. The predicted octanol–water partition coefficient (Wildman–Crippen LogP) is -8.12. The van der Waals surface area contributed by atoms with Crippen molar-refractivity contribution in [2.75, 3.05) is 39.3 Å². The summed E-state index contributed by atoms with van der Waals surface area (Å²) in [6.07, 6.45) is -12.6. The van der Waals surface area contributed by atoms with Crippen molar-refractivity contribution in [3.8, 4) is 0 Å². The number of hydrogen-bond donors (Lipinski definition) is 14. The highest BCUT2D eigenvalue weighted by atomic mass is 16.7. The summed E-state index contributed by atoms with van der Waals surface area (Å²) in [5, 5.41) is 80.3. The Labute approximate surface area is 239 Å². The molecule has 41 heavy (non-hydrogen) atoms. The lowest BCUT2D eigenvalue weighted by Gasteiger charge is -2.53. The van der Waals surface area contributed by atoms with Crippen LogP contribution in [-0.2, 0) is 14.2 Å². The molecule has 0 bridgehead atoms. The van der Waals surface area contributed by atoms with Crippen molar-refractivity contribution >= 4 is 0 Å². The molecule has 0 amide bonds. The summed E-state index contributed by atoms with van der Waals surface area (Å²) in [5.41, 5.74) is 29.5. The first kappa shape index (κ1) is 34.8. The summed E-state index contributed by atoms with van der Waals surface area (Å²) < 4.78 is 17.9. The number of aliphatic hydroxyl groups is 7. The maximum absolute atomic E-state index is 11.8. The molecule has 1 aliphatic carbocycles. The van der Waals surface area contributed by atoms with E-state index in [1.807, 2.05) is 0 Å². The molecule has 0 aromatic carbocycles. The molecule has 17 heteroatoms. The maximum Gasteiger partial charge on any atom is 0.186 e. The van der Waals surface area contributed by atoms with E-state index in [4.69, 9.17) is 42.9 Å². The Morgan fingerprint density at radius 1 is 0.878 bits per heavy atom. The van der Waals surface area contributed by atoms with Crippen molar-refractivity contribution in [1.82, 2.24) is 10.6 Å². The van der Waals surface area contributed by atoms with Gasteiger partial charge >= 0.3 is 0 Å². The van der Waals surface area contributed by atoms with Crippen LogP contribution in [0, 0.1) is 5.92 Å². The third-order valence-electron chi connectivity index (χ3n) is 8.42. The van der Waals surface area contributed by atoms with E-state index in [1.165, 1.54) is 0 Å². The van der Waals surface area contributed by atoms with Gasteiger partial charge in [0.2, 0.25) is 0 Å². The van der Waals surface area contributed by atoms with E-state index in [0.29, 0.717) is 19.5 Å². The minimum absolute atomic E-state index is 0.0232. The molecule has 2 heterocycles. The monoisotopic (exact) mass is 597 g/mol. The first-order chi connectivity index (χ1) is 19.5. The van der Waals surface area contributed by atoms with Gasteiger partial charge in [0.05, 0.1) is 43.1 Å². The van der Waals surface area contributed by atoms with Crippen LogP contribution in [-0.4, -0.2) is 167 Å². The molecule has 19 N–H and O–H groups in total. The van der Waals surface area contributed by atoms with Crippen molar-refractivity contribution in [3.05, 3.63) is 0 Å². The van der Waals surface area contributed by atoms with Crippen molar-refractivity contribution in [2.24, 2.45) is 34.6 Å². The largest absolute Gasteiger partial charge is 0.394 e. The predicted molar refractivity (Wildman–Crippen MR) is 145 cm³/mol. The zero-order valence-corrected chi connectivity index (χ0v) is 23.1. The normalized spacial score (nSPS) is 46.4. The molecule has 3 rings (SSSR count). The van der Waals surface area contributed by atoms with E-state index in [0.717, 1.165) is 0 Å². The van der Waals surface area contributed by atoms with Gasteiger partial charge in [-0.15, -0.1) is 0 Å². The maximum atomic E-state index is 11.8. The molecule has 242 valence electrons. The average molecular weight is 598 g/mol. The smallest absolute Gasteiger partial charge is 0.186 e. The molecule has 0 spiro atoms. The highest BCUT2D eigenvalue weighted by Crippen LogP contribution is 2.37. The van der Waals surface area contributed by atoms with Gasteiger partial charge in [-0.3, -0.25) is 0 Å². The van der Waals surface area contributed by atoms with Gasteiger partial charge < -0.3 is 89.3 Å². The van der Waals surface area contributed by atoms with Gasteiger partial charge in [0.1, 0.15) is 36.6 Å². The van der Waals surface area contributed by atoms with Gasteiger partial charge in [-0.25, -0.2) is 0 Å². The lowest BCUT2D eigenvalue weighted by Crippen LogP contribution is -2.72. The molecule has 2 saturated heterocycles. The van der Waals surface area contributed by atoms with Gasteiger partial charge in [0, 0.05) is 37.6 Å². The SMILES string of the molecule is NCCCN[C@@H]1[C@@H](O)[C@H](O)[C@@H](CN)O[C@@H]1C1[C@@H](N)C[C@@H](NCC(O)CN)[C@H](O[C@H]2O[C@H](CO)[C@@H](O)[C@H](N)[C@H]2O)[C@H]1O. The van der Waals surface area contributed by atoms with E-state index in [9.17, 15) is 35.7 Å². The zero-order valence-electron chi connectivity index (χ0n) is 23.1. The second kappa shape index (κ2) is 15.9. The van der Waals surface area contributed by atoms with Crippen molar-refractivity contribution in [3.63, 3.8) is 0 Å².